The molecule has 1 fully saturated rings. The Bertz CT molecular complexity index is 1340. The van der Waals surface area contributed by atoms with Gasteiger partial charge in [-0.15, -0.1) is 0 Å². The molecule has 3 aromatic rings. The molecule has 12 heteroatoms. The van der Waals surface area contributed by atoms with Crippen LogP contribution >= 0.6 is 22.9 Å². The Morgan fingerprint density at radius 2 is 1.78 bits per heavy atom. The number of sulfonamides is 1. The molecule has 1 saturated heterocycles. The first-order chi connectivity index (χ1) is 17.8. The summed E-state index contributed by atoms with van der Waals surface area (Å²) in [5.41, 5.74) is 1.23. The Hall–Kier alpha value is -2.44. The number of carbonyl (C=O) groups is 1. The van der Waals surface area contributed by atoms with Gasteiger partial charge in [-0.3, -0.25) is 9.69 Å². The minimum atomic E-state index is -3.54. The van der Waals surface area contributed by atoms with Crippen molar-refractivity contribution in [2.24, 2.45) is 0 Å². The third-order valence-corrected chi connectivity index (χ3v) is 9.92. The second-order valence-corrected chi connectivity index (χ2v) is 12.0. The van der Waals surface area contributed by atoms with E-state index in [9.17, 15) is 13.2 Å². The highest BCUT2D eigenvalue weighted by molar-refractivity contribution is 7.89. The summed E-state index contributed by atoms with van der Waals surface area (Å²) < 4.78 is 33.1. The summed E-state index contributed by atoms with van der Waals surface area (Å²) in [7, 11) is -1.94. The van der Waals surface area contributed by atoms with Gasteiger partial charge in [-0.1, -0.05) is 36.8 Å². The molecule has 200 valence electrons. The number of aromatic nitrogens is 1. The van der Waals surface area contributed by atoms with E-state index < -0.39 is 10.0 Å². The summed E-state index contributed by atoms with van der Waals surface area (Å²) in [4.78, 5) is 22.1. The molecular weight excluding hydrogens is 534 g/mol. The maximum absolute atomic E-state index is 12.6. The van der Waals surface area contributed by atoms with E-state index >= 15 is 0 Å². The molecule has 0 atom stereocenters. The summed E-state index contributed by atoms with van der Waals surface area (Å²) >= 11 is 7.87. The van der Waals surface area contributed by atoms with Crippen LogP contribution in [0.1, 0.15) is 24.2 Å². The number of methoxy groups -OCH3 is 1. The highest BCUT2D eigenvalue weighted by Crippen LogP contribution is 2.38. The number of halogens is 1. The van der Waals surface area contributed by atoms with Crippen LogP contribution < -0.4 is 15.0 Å². The van der Waals surface area contributed by atoms with Gasteiger partial charge in [0.15, 0.2) is 10.9 Å². The normalized spacial score (nSPS) is 14.9. The minimum Gasteiger partial charge on any atom is -0.493 e. The predicted molar refractivity (Wildman–Crippen MR) is 149 cm³/mol. The Morgan fingerprint density at radius 3 is 2.41 bits per heavy atom. The quantitative estimate of drug-likeness (QED) is 0.402. The summed E-state index contributed by atoms with van der Waals surface area (Å²) in [5, 5.41) is 4.45. The number of nitrogens with zero attached hydrogens (tertiary/aromatic N) is 4. The van der Waals surface area contributed by atoms with Gasteiger partial charge in [0.25, 0.3) is 5.91 Å². The number of nitrogens with one attached hydrogen (secondary N) is 1. The van der Waals surface area contributed by atoms with E-state index in [0.29, 0.717) is 36.0 Å². The van der Waals surface area contributed by atoms with Crippen LogP contribution in [0.25, 0.3) is 10.2 Å². The molecular formula is C25H32ClN5O4S2. The van der Waals surface area contributed by atoms with E-state index in [1.54, 1.807) is 44.4 Å². The van der Waals surface area contributed by atoms with Crippen LogP contribution in [-0.2, 0) is 10.0 Å². The van der Waals surface area contributed by atoms with Gasteiger partial charge >= 0.3 is 0 Å². The number of thiazole rings is 1. The Balaban J connectivity index is 1.26. The van der Waals surface area contributed by atoms with Gasteiger partial charge < -0.3 is 15.0 Å². The van der Waals surface area contributed by atoms with Crippen LogP contribution in [0, 0.1) is 0 Å². The van der Waals surface area contributed by atoms with E-state index in [1.165, 1.54) is 16.4 Å². The van der Waals surface area contributed by atoms with E-state index in [-0.39, 0.29) is 10.8 Å². The number of fused-ring (bicyclic) bond motifs is 1. The van der Waals surface area contributed by atoms with Gasteiger partial charge in [0.2, 0.25) is 10.0 Å². The van der Waals surface area contributed by atoms with Gasteiger partial charge in [0.05, 0.1) is 21.7 Å². The van der Waals surface area contributed by atoms with Crippen LogP contribution in [0.2, 0.25) is 5.02 Å². The van der Waals surface area contributed by atoms with E-state index in [4.69, 9.17) is 21.3 Å². The maximum atomic E-state index is 12.6. The Kier molecular flexibility index (Phi) is 8.91. The summed E-state index contributed by atoms with van der Waals surface area (Å²) in [6, 6.07) is 9.91. The van der Waals surface area contributed by atoms with Gasteiger partial charge in [-0.2, -0.15) is 4.31 Å². The third kappa shape index (κ3) is 6.01. The third-order valence-electron chi connectivity index (χ3n) is 6.48. The molecule has 4 rings (SSSR count). The Morgan fingerprint density at radius 1 is 1.11 bits per heavy atom. The summed E-state index contributed by atoms with van der Waals surface area (Å²) in [5.74, 6) is 0.392. The SMILES string of the molecule is CCN(CC)S(=O)(=O)c1ccc(C(=O)NCCN2CCN(c3nc4c(OC)c(Cl)ccc4s3)CC2)cc1. The van der Waals surface area contributed by atoms with Gasteiger partial charge in [-0.05, 0) is 36.4 Å². The molecule has 0 saturated carbocycles. The number of carbonyl (C=O) groups excluding carboxylic acids is 1. The smallest absolute Gasteiger partial charge is 0.251 e. The highest BCUT2D eigenvalue weighted by Gasteiger charge is 2.23. The first-order valence-corrected chi connectivity index (χ1v) is 14.9. The van der Waals surface area contributed by atoms with E-state index in [1.807, 2.05) is 12.1 Å². The number of ether oxygens (including phenoxy) is 1. The number of hydrogen-bond acceptors (Lipinski definition) is 8. The lowest BCUT2D eigenvalue weighted by Gasteiger charge is -2.34. The zero-order chi connectivity index (χ0) is 26.6. The first kappa shape index (κ1) is 27.6. The fraction of sp³-hybridized carbons (Fsp3) is 0.440. The molecule has 1 aliphatic heterocycles. The van der Waals surface area contributed by atoms with Gasteiger partial charge in [0.1, 0.15) is 5.52 Å². The van der Waals surface area contributed by atoms with Crippen molar-refractivity contribution in [1.29, 1.82) is 0 Å². The number of piperazine rings is 1. The van der Waals surface area contributed by atoms with Crippen molar-refractivity contribution in [3.8, 4) is 5.75 Å². The lowest BCUT2D eigenvalue weighted by Crippen LogP contribution is -2.48. The monoisotopic (exact) mass is 565 g/mol. The largest absolute Gasteiger partial charge is 0.493 e. The average molecular weight is 566 g/mol. The molecule has 1 N–H and O–H groups in total. The number of rotatable bonds is 10. The van der Waals surface area contributed by atoms with Crippen LogP contribution in [0.5, 0.6) is 5.75 Å². The van der Waals surface area contributed by atoms with Crippen molar-refractivity contribution in [1.82, 2.24) is 19.5 Å². The molecule has 0 bridgehead atoms. The topological polar surface area (TPSA) is 95.1 Å². The molecule has 1 aromatic heterocycles. The number of amides is 1. The van der Waals surface area contributed by atoms with Gasteiger partial charge in [0, 0.05) is 57.9 Å². The second kappa shape index (κ2) is 12.0. The number of anilines is 1. The minimum absolute atomic E-state index is 0.195. The fourth-order valence-electron chi connectivity index (χ4n) is 4.35. The van der Waals surface area contributed by atoms with Crippen molar-refractivity contribution in [3.63, 3.8) is 0 Å². The molecule has 1 aliphatic rings. The molecule has 1 amide bonds. The molecule has 0 spiro atoms. The molecule has 2 aromatic carbocycles. The van der Waals surface area contributed by atoms with Crippen LogP contribution in [0.4, 0.5) is 5.13 Å². The average Bonchev–Trinajstić information content (AvgIpc) is 3.34. The first-order valence-electron chi connectivity index (χ1n) is 12.3. The highest BCUT2D eigenvalue weighted by atomic mass is 35.5. The van der Waals surface area contributed by atoms with Crippen molar-refractivity contribution in [2.75, 3.05) is 64.4 Å². The van der Waals surface area contributed by atoms with Crippen molar-refractivity contribution in [2.45, 2.75) is 18.7 Å². The van der Waals surface area contributed by atoms with Crippen LogP contribution in [0.15, 0.2) is 41.3 Å². The van der Waals surface area contributed by atoms with Crippen molar-refractivity contribution in [3.05, 3.63) is 47.0 Å². The predicted octanol–water partition coefficient (Wildman–Crippen LogP) is 3.54. The standard InChI is InChI=1S/C25H32ClN5O4S2/c1-4-31(5-2)37(33,34)19-8-6-18(7-9-19)24(32)27-12-13-29-14-16-30(17-15-29)25-28-22-21(36-25)11-10-20(26)23(22)35-3/h6-11H,4-5,12-17H2,1-3H3,(H,27,32). The maximum Gasteiger partial charge on any atom is 0.251 e. The zero-order valence-electron chi connectivity index (χ0n) is 21.2. The number of benzene rings is 2. The molecule has 0 aliphatic carbocycles. The molecule has 0 unspecified atom stereocenters. The van der Waals surface area contributed by atoms with Crippen LogP contribution in [-0.4, -0.2) is 88.0 Å². The van der Waals surface area contributed by atoms with Gasteiger partial charge in [-0.25, -0.2) is 13.4 Å². The number of hydrogen-bond donors (Lipinski definition) is 1. The lowest BCUT2D eigenvalue weighted by atomic mass is 10.2. The van der Waals surface area contributed by atoms with E-state index in [2.05, 4.69) is 15.1 Å². The summed E-state index contributed by atoms with van der Waals surface area (Å²) in [6.45, 7) is 9.06. The molecule has 2 heterocycles. The fourth-order valence-corrected chi connectivity index (χ4v) is 7.05. The molecule has 9 nitrogen and oxygen atoms in total. The van der Waals surface area contributed by atoms with Crippen molar-refractivity contribution >= 4 is 54.2 Å². The summed E-state index contributed by atoms with van der Waals surface area (Å²) in [6.07, 6.45) is 0. The van der Waals surface area contributed by atoms with Crippen molar-refractivity contribution < 1.29 is 17.9 Å². The van der Waals surface area contributed by atoms with Crippen LogP contribution in [0.3, 0.4) is 0 Å². The molecule has 0 radical (unpaired) electrons. The zero-order valence-corrected chi connectivity index (χ0v) is 23.6. The van der Waals surface area contributed by atoms with E-state index in [0.717, 1.165) is 48.1 Å². The second-order valence-electron chi connectivity index (χ2n) is 8.62. The molecule has 37 heavy (non-hydrogen) atoms. The Labute approximate surface area is 227 Å². The lowest BCUT2D eigenvalue weighted by molar-refractivity contribution is 0.0947.